The van der Waals surface area contributed by atoms with Crippen LogP contribution in [0.1, 0.15) is 23.2 Å². The molecule has 2 fully saturated rings. The van der Waals surface area contributed by atoms with Crippen LogP contribution < -0.4 is 10.6 Å². The molecular weight excluding hydrogens is 474 g/mol. The average molecular weight is 493 g/mol. The second kappa shape index (κ2) is 8.38. The Kier molecular flexibility index (Phi) is 6.31. The lowest BCUT2D eigenvalue weighted by Gasteiger charge is -2.31. The molecule has 8 nitrogen and oxygen atoms in total. The van der Waals surface area contributed by atoms with E-state index in [-0.39, 0.29) is 18.5 Å². The standard InChI is InChI=1S/C17H19BrClN3O5S/c18-15-11(4-1-5-12(15)19)16(24)20-7-10-3-2-6-22(10)17(25)13-8-28(26,27)9-14(23)21-13/h1,4-5,10,13H,2-3,6-9H2,(H,20,24)(H,21,23)/t10-,13?/m0/s1. The first-order chi connectivity index (χ1) is 13.2. The summed E-state index contributed by atoms with van der Waals surface area (Å²) in [6, 6.07) is 3.61. The highest BCUT2D eigenvalue weighted by molar-refractivity contribution is 9.10. The lowest BCUT2D eigenvalue weighted by Crippen LogP contribution is -2.58. The number of halogens is 2. The highest BCUT2D eigenvalue weighted by atomic mass is 79.9. The number of likely N-dealkylation sites (tertiary alicyclic amines) is 1. The van der Waals surface area contributed by atoms with Crippen molar-refractivity contribution in [2.75, 3.05) is 24.6 Å². The van der Waals surface area contributed by atoms with Crippen molar-refractivity contribution in [3.63, 3.8) is 0 Å². The number of hydrogen-bond donors (Lipinski definition) is 2. The molecule has 0 radical (unpaired) electrons. The number of hydrogen-bond acceptors (Lipinski definition) is 5. The molecule has 1 aromatic rings. The quantitative estimate of drug-likeness (QED) is 0.644. The minimum Gasteiger partial charge on any atom is -0.350 e. The number of rotatable bonds is 4. The number of nitrogens with zero attached hydrogens (tertiary/aromatic N) is 1. The maximum Gasteiger partial charge on any atom is 0.252 e. The molecule has 2 aliphatic rings. The number of benzene rings is 1. The van der Waals surface area contributed by atoms with Gasteiger partial charge in [-0.25, -0.2) is 8.42 Å². The van der Waals surface area contributed by atoms with Gasteiger partial charge in [0.1, 0.15) is 11.8 Å². The van der Waals surface area contributed by atoms with Crippen molar-refractivity contribution in [2.45, 2.75) is 24.9 Å². The van der Waals surface area contributed by atoms with Crippen molar-refractivity contribution in [2.24, 2.45) is 0 Å². The molecule has 2 aliphatic heterocycles. The van der Waals surface area contributed by atoms with Crippen molar-refractivity contribution in [1.29, 1.82) is 0 Å². The predicted molar refractivity (Wildman–Crippen MR) is 107 cm³/mol. The Morgan fingerprint density at radius 1 is 1.36 bits per heavy atom. The Balaban J connectivity index is 1.64. The maximum absolute atomic E-state index is 12.8. The van der Waals surface area contributed by atoms with E-state index in [1.807, 2.05) is 0 Å². The summed E-state index contributed by atoms with van der Waals surface area (Å²) in [5.41, 5.74) is 0.383. The molecule has 2 heterocycles. The van der Waals surface area contributed by atoms with Gasteiger partial charge in [0.15, 0.2) is 9.84 Å². The van der Waals surface area contributed by atoms with Gasteiger partial charge in [-0.15, -0.1) is 0 Å². The molecule has 11 heteroatoms. The summed E-state index contributed by atoms with van der Waals surface area (Å²) in [6.07, 6.45) is 1.41. The summed E-state index contributed by atoms with van der Waals surface area (Å²) in [7, 11) is -3.59. The van der Waals surface area contributed by atoms with E-state index in [0.717, 1.165) is 6.42 Å². The van der Waals surface area contributed by atoms with Gasteiger partial charge in [-0.3, -0.25) is 14.4 Å². The van der Waals surface area contributed by atoms with Gasteiger partial charge in [-0.1, -0.05) is 17.7 Å². The molecule has 0 bridgehead atoms. The normalized spacial score (nSPS) is 23.9. The zero-order valence-corrected chi connectivity index (χ0v) is 17.9. The zero-order valence-electron chi connectivity index (χ0n) is 14.8. The summed E-state index contributed by atoms with van der Waals surface area (Å²) in [4.78, 5) is 38.3. The summed E-state index contributed by atoms with van der Waals surface area (Å²) < 4.78 is 24.1. The summed E-state index contributed by atoms with van der Waals surface area (Å²) in [5, 5.41) is 5.67. The van der Waals surface area contributed by atoms with Crippen LogP contribution in [-0.2, 0) is 19.4 Å². The van der Waals surface area contributed by atoms with Crippen molar-refractivity contribution >= 4 is 55.1 Å². The lowest BCUT2D eigenvalue weighted by molar-refractivity contribution is -0.136. The van der Waals surface area contributed by atoms with Crippen LogP contribution in [0.3, 0.4) is 0 Å². The molecule has 28 heavy (non-hydrogen) atoms. The molecule has 0 aromatic heterocycles. The minimum absolute atomic E-state index is 0.219. The Hall–Kier alpha value is -1.65. The fourth-order valence-electron chi connectivity index (χ4n) is 3.45. The Labute approximate surface area is 176 Å². The summed E-state index contributed by atoms with van der Waals surface area (Å²) >= 11 is 9.29. The van der Waals surface area contributed by atoms with Crippen molar-refractivity contribution in [1.82, 2.24) is 15.5 Å². The first kappa shape index (κ1) is 21.1. The van der Waals surface area contributed by atoms with Gasteiger partial charge in [0.2, 0.25) is 11.8 Å². The number of sulfone groups is 1. The minimum atomic E-state index is -3.59. The van der Waals surface area contributed by atoms with E-state index in [2.05, 4.69) is 26.6 Å². The van der Waals surface area contributed by atoms with E-state index in [4.69, 9.17) is 11.6 Å². The predicted octanol–water partition coefficient (Wildman–Crippen LogP) is 0.737. The van der Waals surface area contributed by atoms with Crippen LogP contribution in [0.15, 0.2) is 22.7 Å². The lowest BCUT2D eigenvalue weighted by atomic mass is 10.1. The van der Waals surface area contributed by atoms with Gasteiger partial charge in [0, 0.05) is 23.6 Å². The monoisotopic (exact) mass is 491 g/mol. The van der Waals surface area contributed by atoms with Crippen molar-refractivity contribution < 1.29 is 22.8 Å². The molecule has 2 saturated heterocycles. The Bertz CT molecular complexity index is 923. The van der Waals surface area contributed by atoms with Crippen LogP contribution in [-0.4, -0.2) is 67.7 Å². The molecule has 3 rings (SSSR count). The largest absolute Gasteiger partial charge is 0.350 e. The summed E-state index contributed by atoms with van der Waals surface area (Å²) in [5.74, 6) is -2.42. The molecule has 0 aliphatic carbocycles. The first-order valence-corrected chi connectivity index (χ1v) is 11.7. The van der Waals surface area contributed by atoms with Gasteiger partial charge in [-0.05, 0) is 40.9 Å². The van der Waals surface area contributed by atoms with Gasteiger partial charge in [-0.2, -0.15) is 0 Å². The topological polar surface area (TPSA) is 113 Å². The van der Waals surface area contributed by atoms with Gasteiger partial charge >= 0.3 is 0 Å². The number of carbonyl (C=O) groups excluding carboxylic acids is 3. The molecular formula is C17H19BrClN3O5S. The van der Waals surface area contributed by atoms with Crippen LogP contribution in [0.5, 0.6) is 0 Å². The van der Waals surface area contributed by atoms with Crippen molar-refractivity contribution in [3.8, 4) is 0 Å². The van der Waals surface area contributed by atoms with Gasteiger partial charge in [0.05, 0.1) is 16.3 Å². The maximum atomic E-state index is 12.8. The third-order valence-corrected chi connectivity index (χ3v) is 7.70. The Morgan fingerprint density at radius 2 is 2.11 bits per heavy atom. The molecule has 152 valence electrons. The van der Waals surface area contributed by atoms with E-state index in [1.54, 1.807) is 23.1 Å². The molecule has 1 unspecified atom stereocenters. The fourth-order valence-corrected chi connectivity index (χ4v) is 5.40. The van der Waals surface area contributed by atoms with Crippen LogP contribution in [0.2, 0.25) is 5.02 Å². The number of carbonyl (C=O) groups is 3. The smallest absolute Gasteiger partial charge is 0.252 e. The highest BCUT2D eigenvalue weighted by Gasteiger charge is 2.39. The molecule has 3 amide bonds. The van der Waals surface area contributed by atoms with E-state index < -0.39 is 39.2 Å². The van der Waals surface area contributed by atoms with Crippen LogP contribution in [0.25, 0.3) is 0 Å². The van der Waals surface area contributed by atoms with E-state index in [1.165, 1.54) is 0 Å². The molecule has 1 aromatic carbocycles. The Morgan fingerprint density at radius 3 is 2.82 bits per heavy atom. The molecule has 0 saturated carbocycles. The third kappa shape index (κ3) is 4.66. The SMILES string of the molecule is O=C1CS(=O)(=O)CC(C(=O)N2CCC[C@H]2CNC(=O)c2cccc(Cl)c2Br)N1. The highest BCUT2D eigenvalue weighted by Crippen LogP contribution is 2.26. The van der Waals surface area contributed by atoms with Crippen LogP contribution >= 0.6 is 27.5 Å². The average Bonchev–Trinajstić information content (AvgIpc) is 3.08. The molecule has 2 N–H and O–H groups in total. The van der Waals surface area contributed by atoms with Crippen LogP contribution in [0.4, 0.5) is 0 Å². The van der Waals surface area contributed by atoms with Gasteiger partial charge in [0.25, 0.3) is 5.91 Å². The summed E-state index contributed by atoms with van der Waals surface area (Å²) in [6.45, 7) is 0.670. The van der Waals surface area contributed by atoms with Crippen molar-refractivity contribution in [3.05, 3.63) is 33.3 Å². The first-order valence-electron chi connectivity index (χ1n) is 8.70. The van der Waals surface area contributed by atoms with E-state index in [0.29, 0.717) is 28.0 Å². The van der Waals surface area contributed by atoms with Gasteiger partial charge < -0.3 is 15.5 Å². The van der Waals surface area contributed by atoms with Crippen LogP contribution in [0, 0.1) is 0 Å². The fraction of sp³-hybridized carbons (Fsp3) is 0.471. The van der Waals surface area contributed by atoms with E-state index >= 15 is 0 Å². The molecule has 0 spiro atoms. The third-order valence-electron chi connectivity index (χ3n) is 4.76. The number of amides is 3. The second-order valence-corrected chi connectivity index (χ2v) is 10.1. The van der Waals surface area contributed by atoms with E-state index in [9.17, 15) is 22.8 Å². The second-order valence-electron chi connectivity index (χ2n) is 6.81. The number of nitrogens with one attached hydrogen (secondary N) is 2. The zero-order chi connectivity index (χ0) is 20.5. The molecule has 2 atom stereocenters.